The number of nitrogens with one attached hydrogen (secondary N) is 1. The van der Waals surface area contributed by atoms with Crippen molar-refractivity contribution in [3.63, 3.8) is 0 Å². The molecule has 2 fully saturated rings. The van der Waals surface area contributed by atoms with Crippen LogP contribution in [0.25, 0.3) is 0 Å². The monoisotopic (exact) mass is 276 g/mol. The third kappa shape index (κ3) is 4.11. The number of ether oxygens (including phenoxy) is 1. The van der Waals surface area contributed by atoms with Gasteiger partial charge in [0.25, 0.3) is 0 Å². The number of amides is 1. The highest BCUT2D eigenvalue weighted by molar-refractivity contribution is 5.85. The molecule has 1 heterocycles. The van der Waals surface area contributed by atoms with E-state index in [2.05, 4.69) is 5.32 Å². The summed E-state index contributed by atoms with van der Waals surface area (Å²) in [5.41, 5.74) is 5.70. The van der Waals surface area contributed by atoms with Crippen LogP contribution in [0.15, 0.2) is 0 Å². The maximum absolute atomic E-state index is 12.0. The van der Waals surface area contributed by atoms with Crippen LogP contribution in [-0.2, 0) is 9.53 Å². The lowest BCUT2D eigenvalue weighted by molar-refractivity contribution is -0.126. The summed E-state index contributed by atoms with van der Waals surface area (Å²) < 4.78 is 5.41. The van der Waals surface area contributed by atoms with Gasteiger partial charge in [0.1, 0.15) is 0 Å². The average Bonchev–Trinajstić information content (AvgIpc) is 2.85. The molecular weight excluding hydrogens is 252 g/mol. The normalized spacial score (nSPS) is 31.7. The molecule has 0 bridgehead atoms. The van der Waals surface area contributed by atoms with Gasteiger partial charge in [0.05, 0.1) is 6.61 Å². The van der Waals surface area contributed by atoms with E-state index in [1.54, 1.807) is 0 Å². The second-order valence-corrected chi connectivity index (χ2v) is 5.36. The third-order valence-corrected chi connectivity index (χ3v) is 4.12. The number of nitrogens with two attached hydrogens (primary N) is 1. The van der Waals surface area contributed by atoms with Crippen molar-refractivity contribution in [1.29, 1.82) is 0 Å². The van der Waals surface area contributed by atoms with Crippen molar-refractivity contribution in [2.24, 2.45) is 23.5 Å². The van der Waals surface area contributed by atoms with Gasteiger partial charge in [-0.25, -0.2) is 0 Å². The highest BCUT2D eigenvalue weighted by Gasteiger charge is 2.32. The molecule has 0 spiro atoms. The summed E-state index contributed by atoms with van der Waals surface area (Å²) in [6, 6.07) is 0. The standard InChI is InChI=1S/C13H24N2O2.ClH/c14-7-11-4-1-5-12(11)13(16)15-8-10-3-2-6-17-9-10;/h10-12H,1-9,14H2,(H,15,16);1H/t10?,11-,12-;/m1./s1. The van der Waals surface area contributed by atoms with Crippen molar-refractivity contribution in [2.45, 2.75) is 32.1 Å². The molecule has 0 aromatic rings. The van der Waals surface area contributed by atoms with Crippen LogP contribution in [0.5, 0.6) is 0 Å². The summed E-state index contributed by atoms with van der Waals surface area (Å²) >= 11 is 0. The van der Waals surface area contributed by atoms with Crippen LogP contribution >= 0.6 is 12.4 Å². The van der Waals surface area contributed by atoms with E-state index in [0.29, 0.717) is 18.4 Å². The molecule has 18 heavy (non-hydrogen) atoms. The molecule has 5 heteroatoms. The van der Waals surface area contributed by atoms with E-state index >= 15 is 0 Å². The summed E-state index contributed by atoms with van der Waals surface area (Å²) in [5, 5.41) is 3.08. The lowest BCUT2D eigenvalue weighted by atomic mass is 9.95. The average molecular weight is 277 g/mol. The van der Waals surface area contributed by atoms with Gasteiger partial charge in [-0.1, -0.05) is 6.42 Å². The van der Waals surface area contributed by atoms with Crippen LogP contribution in [0, 0.1) is 17.8 Å². The summed E-state index contributed by atoms with van der Waals surface area (Å²) in [5.74, 6) is 1.27. The smallest absolute Gasteiger partial charge is 0.223 e. The van der Waals surface area contributed by atoms with E-state index in [0.717, 1.165) is 45.4 Å². The van der Waals surface area contributed by atoms with Gasteiger partial charge in [0, 0.05) is 19.1 Å². The second kappa shape index (κ2) is 7.97. The van der Waals surface area contributed by atoms with Gasteiger partial charge < -0.3 is 15.8 Å². The molecule has 1 aliphatic heterocycles. The minimum atomic E-state index is 0. The molecule has 0 radical (unpaired) electrons. The van der Waals surface area contributed by atoms with Crippen LogP contribution in [0.4, 0.5) is 0 Å². The molecule has 2 rings (SSSR count). The van der Waals surface area contributed by atoms with Crippen LogP contribution in [0.3, 0.4) is 0 Å². The third-order valence-electron chi connectivity index (χ3n) is 4.12. The molecule has 1 aliphatic carbocycles. The minimum Gasteiger partial charge on any atom is -0.381 e. The Morgan fingerprint density at radius 2 is 2.11 bits per heavy atom. The molecule has 1 amide bonds. The SMILES string of the molecule is Cl.NC[C@H]1CCC[C@H]1C(=O)NCC1CCCOC1. The Labute approximate surface area is 115 Å². The first-order chi connectivity index (χ1) is 8.31. The van der Waals surface area contributed by atoms with E-state index in [1.807, 2.05) is 0 Å². The first-order valence-corrected chi connectivity index (χ1v) is 6.86. The molecule has 1 saturated heterocycles. The van der Waals surface area contributed by atoms with Gasteiger partial charge in [-0.2, -0.15) is 0 Å². The molecule has 3 N–H and O–H groups in total. The van der Waals surface area contributed by atoms with Crippen LogP contribution in [0.1, 0.15) is 32.1 Å². The zero-order chi connectivity index (χ0) is 12.1. The van der Waals surface area contributed by atoms with Crippen LogP contribution in [0.2, 0.25) is 0 Å². The number of halogens is 1. The number of hydrogen-bond donors (Lipinski definition) is 2. The summed E-state index contributed by atoms with van der Waals surface area (Å²) in [4.78, 5) is 12.0. The lowest BCUT2D eigenvalue weighted by Crippen LogP contribution is -2.39. The fourth-order valence-corrected chi connectivity index (χ4v) is 3.01. The van der Waals surface area contributed by atoms with Crippen molar-refractivity contribution in [1.82, 2.24) is 5.32 Å². The minimum absolute atomic E-state index is 0. The van der Waals surface area contributed by atoms with Gasteiger partial charge in [-0.15, -0.1) is 12.4 Å². The van der Waals surface area contributed by atoms with Crippen molar-refractivity contribution in [3.05, 3.63) is 0 Å². The van der Waals surface area contributed by atoms with E-state index in [-0.39, 0.29) is 24.2 Å². The quantitative estimate of drug-likeness (QED) is 0.814. The van der Waals surface area contributed by atoms with Crippen LogP contribution < -0.4 is 11.1 Å². The molecule has 1 saturated carbocycles. The Hall–Kier alpha value is -0.320. The van der Waals surface area contributed by atoms with Crippen molar-refractivity contribution in [3.8, 4) is 0 Å². The zero-order valence-electron chi connectivity index (χ0n) is 10.9. The first-order valence-electron chi connectivity index (χ1n) is 6.86. The van der Waals surface area contributed by atoms with Gasteiger partial charge in [-0.05, 0) is 44.1 Å². The van der Waals surface area contributed by atoms with Crippen molar-refractivity contribution < 1.29 is 9.53 Å². The Balaban J connectivity index is 0.00000162. The number of rotatable bonds is 4. The zero-order valence-corrected chi connectivity index (χ0v) is 11.7. The molecule has 2 aliphatic rings. The molecule has 106 valence electrons. The molecular formula is C13H25ClN2O2. The maximum atomic E-state index is 12.0. The predicted molar refractivity (Wildman–Crippen MR) is 73.7 cm³/mol. The number of carbonyl (C=O) groups is 1. The topological polar surface area (TPSA) is 64.4 Å². The van der Waals surface area contributed by atoms with Crippen LogP contribution in [-0.4, -0.2) is 32.2 Å². The van der Waals surface area contributed by atoms with E-state index in [9.17, 15) is 4.79 Å². The molecule has 4 nitrogen and oxygen atoms in total. The lowest BCUT2D eigenvalue weighted by Gasteiger charge is -2.24. The molecule has 0 aromatic carbocycles. The Morgan fingerprint density at radius 1 is 1.28 bits per heavy atom. The van der Waals surface area contributed by atoms with E-state index in [4.69, 9.17) is 10.5 Å². The van der Waals surface area contributed by atoms with Crippen molar-refractivity contribution in [2.75, 3.05) is 26.3 Å². The second-order valence-electron chi connectivity index (χ2n) is 5.36. The number of hydrogen-bond acceptors (Lipinski definition) is 3. The highest BCUT2D eigenvalue weighted by atomic mass is 35.5. The predicted octanol–water partition coefficient (Wildman–Crippen LogP) is 1.33. The van der Waals surface area contributed by atoms with Gasteiger partial charge in [-0.3, -0.25) is 4.79 Å². The Morgan fingerprint density at radius 3 is 2.78 bits per heavy atom. The van der Waals surface area contributed by atoms with E-state index in [1.165, 1.54) is 6.42 Å². The maximum Gasteiger partial charge on any atom is 0.223 e. The largest absolute Gasteiger partial charge is 0.381 e. The van der Waals surface area contributed by atoms with Crippen molar-refractivity contribution >= 4 is 18.3 Å². The van der Waals surface area contributed by atoms with Gasteiger partial charge >= 0.3 is 0 Å². The fourth-order valence-electron chi connectivity index (χ4n) is 3.01. The first kappa shape index (κ1) is 15.7. The Bertz CT molecular complexity index is 257. The highest BCUT2D eigenvalue weighted by Crippen LogP contribution is 2.31. The van der Waals surface area contributed by atoms with E-state index < -0.39 is 0 Å². The molecule has 0 aromatic heterocycles. The summed E-state index contributed by atoms with van der Waals surface area (Å²) in [6.45, 7) is 3.09. The van der Waals surface area contributed by atoms with Gasteiger partial charge in [0.15, 0.2) is 0 Å². The summed E-state index contributed by atoms with van der Waals surface area (Å²) in [7, 11) is 0. The summed E-state index contributed by atoms with van der Waals surface area (Å²) in [6.07, 6.45) is 5.56. The number of carbonyl (C=O) groups excluding carboxylic acids is 1. The molecule has 3 atom stereocenters. The van der Waals surface area contributed by atoms with Gasteiger partial charge in [0.2, 0.25) is 5.91 Å². The Kier molecular flexibility index (Phi) is 6.97. The molecule has 1 unspecified atom stereocenters. The fraction of sp³-hybridized carbons (Fsp3) is 0.923.